The number of hydrogen-bond donors (Lipinski definition) is 2. The van der Waals surface area contributed by atoms with Crippen LogP contribution in [0.3, 0.4) is 0 Å². The average Bonchev–Trinajstić information content (AvgIpc) is 2.47. The molecule has 0 saturated carbocycles. The lowest BCUT2D eigenvalue weighted by molar-refractivity contribution is 0.0930. The van der Waals surface area contributed by atoms with E-state index in [1.165, 1.54) is 6.07 Å². The van der Waals surface area contributed by atoms with Crippen molar-refractivity contribution in [2.75, 3.05) is 36.9 Å². The normalized spacial score (nSPS) is 19.7. The fraction of sp³-hybridized carbons (Fsp3) is 0.571. The first-order chi connectivity index (χ1) is 9.99. The first-order valence-corrected chi connectivity index (χ1v) is 8.71. The molecule has 1 atom stereocenters. The van der Waals surface area contributed by atoms with E-state index in [1.807, 2.05) is 0 Å². The zero-order valence-corrected chi connectivity index (χ0v) is 13.3. The molecule has 1 aliphatic heterocycles. The van der Waals surface area contributed by atoms with Crippen LogP contribution in [0, 0.1) is 0 Å². The van der Waals surface area contributed by atoms with Crippen LogP contribution in [0.1, 0.15) is 20.3 Å². The van der Waals surface area contributed by atoms with Gasteiger partial charge in [0.2, 0.25) is 10.0 Å². The summed E-state index contributed by atoms with van der Waals surface area (Å²) in [6.45, 7) is 6.18. The van der Waals surface area contributed by atoms with E-state index in [-0.39, 0.29) is 10.9 Å². The second-order valence-corrected chi connectivity index (χ2v) is 6.82. The molecule has 1 aromatic carbocycles. The predicted molar refractivity (Wildman–Crippen MR) is 84.0 cm³/mol. The lowest BCUT2D eigenvalue weighted by Gasteiger charge is -2.37. The van der Waals surface area contributed by atoms with Crippen molar-refractivity contribution in [2.24, 2.45) is 0 Å². The van der Waals surface area contributed by atoms with E-state index >= 15 is 0 Å². The van der Waals surface area contributed by atoms with E-state index in [2.05, 4.69) is 16.5 Å². The van der Waals surface area contributed by atoms with Gasteiger partial charge in [0.1, 0.15) is 0 Å². The molecule has 0 radical (unpaired) electrons. The van der Waals surface area contributed by atoms with Crippen LogP contribution in [0.5, 0.6) is 0 Å². The fourth-order valence-corrected chi connectivity index (χ4v) is 3.58. The second kappa shape index (κ2) is 6.64. The van der Waals surface area contributed by atoms with Crippen LogP contribution in [-0.2, 0) is 14.8 Å². The number of benzene rings is 1. The Bertz CT molecular complexity index is 589. The van der Waals surface area contributed by atoms with Gasteiger partial charge in [-0.05, 0) is 24.6 Å². The van der Waals surface area contributed by atoms with Gasteiger partial charge < -0.3 is 15.4 Å². The predicted octanol–water partition coefficient (Wildman–Crippen LogP) is 1.18. The smallest absolute Gasteiger partial charge is 0.240 e. The molecule has 21 heavy (non-hydrogen) atoms. The molecule has 1 fully saturated rings. The van der Waals surface area contributed by atoms with Crippen molar-refractivity contribution in [3.63, 3.8) is 0 Å². The van der Waals surface area contributed by atoms with Crippen LogP contribution in [0.4, 0.5) is 11.4 Å². The molecule has 1 aliphatic rings. The minimum atomic E-state index is -3.48. The number of nitrogen functional groups attached to an aromatic ring is 1. The molecule has 7 heteroatoms. The zero-order chi connectivity index (χ0) is 15.5. The minimum Gasteiger partial charge on any atom is -0.397 e. The Morgan fingerprint density at radius 1 is 1.43 bits per heavy atom. The SMILES string of the molecule is CCNS(=O)(=O)c1ccc(N)c(N2CCOCC2CC)c1. The summed E-state index contributed by atoms with van der Waals surface area (Å²) in [5, 5.41) is 0. The number of anilines is 2. The van der Waals surface area contributed by atoms with Crippen molar-refractivity contribution in [1.82, 2.24) is 4.72 Å². The molecular formula is C14H23N3O3S. The van der Waals surface area contributed by atoms with Gasteiger partial charge in [0.05, 0.1) is 35.5 Å². The van der Waals surface area contributed by atoms with E-state index in [0.717, 1.165) is 12.1 Å². The maximum atomic E-state index is 12.1. The molecule has 0 aliphatic carbocycles. The Balaban J connectivity index is 2.39. The monoisotopic (exact) mass is 313 g/mol. The first-order valence-electron chi connectivity index (χ1n) is 7.23. The Morgan fingerprint density at radius 2 is 2.19 bits per heavy atom. The van der Waals surface area contributed by atoms with Crippen LogP contribution in [0.2, 0.25) is 0 Å². The summed E-state index contributed by atoms with van der Waals surface area (Å²) in [5.74, 6) is 0. The van der Waals surface area contributed by atoms with Crippen LogP contribution in [-0.4, -0.2) is 40.8 Å². The molecule has 1 heterocycles. The topological polar surface area (TPSA) is 84.7 Å². The van der Waals surface area contributed by atoms with Crippen molar-refractivity contribution in [3.8, 4) is 0 Å². The number of sulfonamides is 1. The molecule has 0 bridgehead atoms. The Labute approximate surface area is 126 Å². The molecule has 3 N–H and O–H groups in total. The number of morpholine rings is 1. The summed E-state index contributed by atoms with van der Waals surface area (Å²) in [5.41, 5.74) is 7.41. The summed E-state index contributed by atoms with van der Waals surface area (Å²) in [6.07, 6.45) is 0.920. The van der Waals surface area contributed by atoms with Crippen LogP contribution in [0.15, 0.2) is 23.1 Å². The quantitative estimate of drug-likeness (QED) is 0.798. The van der Waals surface area contributed by atoms with Gasteiger partial charge >= 0.3 is 0 Å². The van der Waals surface area contributed by atoms with Crippen LogP contribution < -0.4 is 15.4 Å². The van der Waals surface area contributed by atoms with Gasteiger partial charge in [-0.2, -0.15) is 0 Å². The fourth-order valence-electron chi connectivity index (χ4n) is 2.52. The Morgan fingerprint density at radius 3 is 2.86 bits per heavy atom. The number of rotatable bonds is 5. The Hall–Kier alpha value is -1.31. The summed E-state index contributed by atoms with van der Waals surface area (Å²) in [4.78, 5) is 2.39. The summed E-state index contributed by atoms with van der Waals surface area (Å²) >= 11 is 0. The zero-order valence-electron chi connectivity index (χ0n) is 12.5. The molecule has 6 nitrogen and oxygen atoms in total. The van der Waals surface area contributed by atoms with Crippen molar-refractivity contribution in [3.05, 3.63) is 18.2 Å². The molecule has 1 aromatic rings. The maximum absolute atomic E-state index is 12.1. The average molecular weight is 313 g/mol. The van der Waals surface area contributed by atoms with Crippen LogP contribution in [0.25, 0.3) is 0 Å². The second-order valence-electron chi connectivity index (χ2n) is 5.05. The van der Waals surface area contributed by atoms with E-state index in [4.69, 9.17) is 10.5 Å². The first kappa shape index (κ1) is 16.1. The summed E-state index contributed by atoms with van der Waals surface area (Å²) < 4.78 is 32.3. The number of ether oxygens (including phenoxy) is 1. The molecule has 1 saturated heterocycles. The minimum absolute atomic E-state index is 0.220. The van der Waals surface area contributed by atoms with Gasteiger partial charge in [0, 0.05) is 13.1 Å². The van der Waals surface area contributed by atoms with E-state index in [9.17, 15) is 8.42 Å². The highest BCUT2D eigenvalue weighted by atomic mass is 32.2. The molecule has 1 unspecified atom stereocenters. The number of hydrogen-bond acceptors (Lipinski definition) is 5. The van der Waals surface area contributed by atoms with Gasteiger partial charge in [-0.15, -0.1) is 0 Å². The molecule has 2 rings (SSSR count). The third-order valence-electron chi connectivity index (χ3n) is 3.65. The highest BCUT2D eigenvalue weighted by molar-refractivity contribution is 7.89. The van der Waals surface area contributed by atoms with Crippen molar-refractivity contribution in [1.29, 1.82) is 0 Å². The maximum Gasteiger partial charge on any atom is 0.240 e. The van der Waals surface area contributed by atoms with Gasteiger partial charge in [-0.1, -0.05) is 13.8 Å². The Kier molecular flexibility index (Phi) is 5.08. The van der Waals surface area contributed by atoms with Gasteiger partial charge in [-0.3, -0.25) is 0 Å². The van der Waals surface area contributed by atoms with Crippen molar-refractivity contribution in [2.45, 2.75) is 31.2 Å². The molecule has 0 aromatic heterocycles. The lowest BCUT2D eigenvalue weighted by atomic mass is 10.1. The number of nitrogens with two attached hydrogens (primary N) is 1. The lowest BCUT2D eigenvalue weighted by Crippen LogP contribution is -2.45. The van der Waals surface area contributed by atoms with Crippen molar-refractivity contribution < 1.29 is 13.2 Å². The molecule has 0 spiro atoms. The molecule has 118 valence electrons. The summed E-state index contributed by atoms with van der Waals surface area (Å²) in [7, 11) is -3.48. The molecule has 0 amide bonds. The van der Waals surface area contributed by atoms with Gasteiger partial charge in [0.25, 0.3) is 0 Å². The van der Waals surface area contributed by atoms with E-state index < -0.39 is 10.0 Å². The third kappa shape index (κ3) is 3.48. The van der Waals surface area contributed by atoms with Crippen molar-refractivity contribution >= 4 is 21.4 Å². The van der Waals surface area contributed by atoms with Gasteiger partial charge in [0.15, 0.2) is 0 Å². The van der Waals surface area contributed by atoms with E-state index in [0.29, 0.717) is 32.0 Å². The highest BCUT2D eigenvalue weighted by Crippen LogP contribution is 2.30. The summed E-state index contributed by atoms with van der Waals surface area (Å²) in [6, 6.07) is 5.07. The van der Waals surface area contributed by atoms with Gasteiger partial charge in [-0.25, -0.2) is 13.1 Å². The molecular weight excluding hydrogens is 290 g/mol. The number of nitrogens with zero attached hydrogens (tertiary/aromatic N) is 1. The van der Waals surface area contributed by atoms with Crippen LogP contribution >= 0.6 is 0 Å². The number of nitrogens with one attached hydrogen (secondary N) is 1. The largest absolute Gasteiger partial charge is 0.397 e. The third-order valence-corrected chi connectivity index (χ3v) is 5.20. The standard InChI is InChI=1S/C14H23N3O3S/c1-3-11-10-20-8-7-17(11)14-9-12(5-6-13(14)15)21(18,19)16-4-2/h5-6,9,11,16H,3-4,7-8,10,15H2,1-2H3. The van der Waals surface area contributed by atoms with E-state index in [1.54, 1.807) is 19.1 Å². The highest BCUT2D eigenvalue weighted by Gasteiger charge is 2.25.